The van der Waals surface area contributed by atoms with E-state index in [2.05, 4.69) is 32.0 Å². The maximum absolute atomic E-state index is 6.17. The van der Waals surface area contributed by atoms with E-state index in [-0.39, 0.29) is 0 Å². The minimum Gasteiger partial charge on any atom is -0.321 e. The van der Waals surface area contributed by atoms with E-state index in [1.807, 2.05) is 11.6 Å². The van der Waals surface area contributed by atoms with Gasteiger partial charge in [0.1, 0.15) is 11.0 Å². The van der Waals surface area contributed by atoms with Crippen LogP contribution in [0.4, 0.5) is 0 Å². The Morgan fingerprint density at radius 1 is 1.43 bits per heavy atom. The Kier molecular flexibility index (Phi) is 4.22. The summed E-state index contributed by atoms with van der Waals surface area (Å²) >= 11 is 7.94. The molecule has 0 aromatic carbocycles. The van der Waals surface area contributed by atoms with Crippen molar-refractivity contribution in [3.63, 3.8) is 0 Å². The Hall–Kier alpha value is -0.880. The summed E-state index contributed by atoms with van der Waals surface area (Å²) in [5.41, 5.74) is 1.95. The van der Waals surface area contributed by atoms with E-state index in [1.165, 1.54) is 24.8 Å². The van der Waals surface area contributed by atoms with Gasteiger partial charge >= 0.3 is 0 Å². The Labute approximate surface area is 146 Å². The van der Waals surface area contributed by atoms with Crippen LogP contribution in [-0.2, 0) is 20.1 Å². The molecule has 4 nitrogen and oxygen atoms in total. The number of hydrogen-bond donors (Lipinski definition) is 1. The van der Waals surface area contributed by atoms with Crippen molar-refractivity contribution in [3.05, 3.63) is 39.6 Å². The van der Waals surface area contributed by atoms with Crippen LogP contribution in [0.2, 0.25) is 5.15 Å². The molecule has 2 aliphatic rings. The molecule has 3 heterocycles. The fraction of sp³-hybridized carbons (Fsp3) is 0.588. The van der Waals surface area contributed by atoms with Crippen LogP contribution in [0.15, 0.2) is 23.0 Å². The molecule has 1 N–H and O–H groups in total. The number of nitrogens with zero attached hydrogens (tertiary/aromatic N) is 3. The molecule has 1 unspecified atom stereocenters. The van der Waals surface area contributed by atoms with Crippen LogP contribution in [0.1, 0.15) is 30.7 Å². The normalized spacial score (nSPS) is 22.8. The third-order valence-electron chi connectivity index (χ3n) is 5.52. The van der Waals surface area contributed by atoms with Crippen LogP contribution in [-0.4, -0.2) is 33.6 Å². The van der Waals surface area contributed by atoms with Crippen molar-refractivity contribution in [2.24, 2.45) is 12.5 Å². The van der Waals surface area contributed by atoms with Gasteiger partial charge in [-0.1, -0.05) is 11.6 Å². The lowest BCUT2D eigenvalue weighted by Crippen LogP contribution is -2.36. The van der Waals surface area contributed by atoms with Crippen LogP contribution in [0.5, 0.6) is 0 Å². The first kappa shape index (κ1) is 15.6. The second kappa shape index (κ2) is 6.20. The minimum absolute atomic E-state index is 0.538. The van der Waals surface area contributed by atoms with E-state index in [0.717, 1.165) is 32.0 Å². The van der Waals surface area contributed by atoms with E-state index in [4.69, 9.17) is 11.6 Å². The topological polar surface area (TPSA) is 33.1 Å². The summed E-state index contributed by atoms with van der Waals surface area (Å²) in [6, 6.07) is 2.92. The van der Waals surface area contributed by atoms with Gasteiger partial charge in [-0.05, 0) is 60.2 Å². The lowest BCUT2D eigenvalue weighted by atomic mass is 9.93. The van der Waals surface area contributed by atoms with Crippen molar-refractivity contribution < 1.29 is 0 Å². The summed E-state index contributed by atoms with van der Waals surface area (Å²) in [6.45, 7) is 4.21. The molecule has 1 atom stereocenters. The zero-order valence-electron chi connectivity index (χ0n) is 13.5. The second-order valence-electron chi connectivity index (χ2n) is 6.93. The molecule has 0 amide bonds. The molecule has 2 aromatic heterocycles. The first-order valence-corrected chi connectivity index (χ1v) is 9.62. The molecule has 4 rings (SSSR count). The molecular formula is C17H23ClN4S. The highest BCUT2D eigenvalue weighted by molar-refractivity contribution is 7.07. The number of thiophene rings is 1. The number of imidazole rings is 1. The van der Waals surface area contributed by atoms with E-state index in [9.17, 15) is 0 Å². The average molecular weight is 351 g/mol. The monoisotopic (exact) mass is 350 g/mol. The lowest BCUT2D eigenvalue weighted by Gasteiger charge is -2.29. The van der Waals surface area contributed by atoms with Gasteiger partial charge in [-0.25, -0.2) is 4.98 Å². The summed E-state index contributed by atoms with van der Waals surface area (Å²) < 4.78 is 2.00. The smallest absolute Gasteiger partial charge is 0.128 e. The first-order valence-electron chi connectivity index (χ1n) is 8.30. The average Bonchev–Trinajstić information content (AvgIpc) is 2.88. The molecule has 124 valence electrons. The highest BCUT2D eigenvalue weighted by Gasteiger charge is 2.56. The van der Waals surface area contributed by atoms with Crippen molar-refractivity contribution in [2.45, 2.75) is 38.4 Å². The molecule has 0 radical (unpaired) electrons. The quantitative estimate of drug-likeness (QED) is 0.898. The van der Waals surface area contributed by atoms with Crippen molar-refractivity contribution in [1.29, 1.82) is 0 Å². The Morgan fingerprint density at radius 3 is 2.91 bits per heavy atom. The SMILES string of the molecule is Cn1c(Cl)cnc1CN(Cc1ccsc1)C1CC12CCNCC2. The van der Waals surface area contributed by atoms with Gasteiger partial charge in [0.05, 0.1) is 12.7 Å². The molecule has 0 bridgehead atoms. The number of hydrogen-bond acceptors (Lipinski definition) is 4. The molecule has 2 fully saturated rings. The number of aromatic nitrogens is 2. The number of rotatable bonds is 5. The van der Waals surface area contributed by atoms with E-state index in [1.54, 1.807) is 17.5 Å². The summed E-state index contributed by atoms with van der Waals surface area (Å²) in [4.78, 5) is 7.12. The molecule has 1 saturated carbocycles. The molecule has 6 heteroatoms. The Balaban J connectivity index is 1.53. The molecular weight excluding hydrogens is 328 g/mol. The predicted molar refractivity (Wildman–Crippen MR) is 94.7 cm³/mol. The van der Waals surface area contributed by atoms with Crippen molar-refractivity contribution in [2.75, 3.05) is 13.1 Å². The van der Waals surface area contributed by atoms with Gasteiger partial charge in [0, 0.05) is 19.6 Å². The summed E-state index contributed by atoms with van der Waals surface area (Å²) in [7, 11) is 2.00. The van der Waals surface area contributed by atoms with Gasteiger partial charge in [-0.2, -0.15) is 11.3 Å². The van der Waals surface area contributed by atoms with Gasteiger partial charge < -0.3 is 9.88 Å². The maximum Gasteiger partial charge on any atom is 0.128 e. The largest absolute Gasteiger partial charge is 0.321 e. The molecule has 2 aromatic rings. The molecule has 1 aliphatic heterocycles. The molecule has 1 aliphatic carbocycles. The van der Waals surface area contributed by atoms with E-state index >= 15 is 0 Å². The predicted octanol–water partition coefficient (Wildman–Crippen LogP) is 3.28. The second-order valence-corrected chi connectivity index (χ2v) is 8.09. The van der Waals surface area contributed by atoms with Gasteiger partial charge in [-0.3, -0.25) is 4.90 Å². The fourth-order valence-electron chi connectivity index (χ4n) is 3.95. The van der Waals surface area contributed by atoms with Crippen LogP contribution < -0.4 is 5.32 Å². The summed E-state index contributed by atoms with van der Waals surface area (Å²) in [5.74, 6) is 1.06. The van der Waals surface area contributed by atoms with Crippen molar-refractivity contribution in [3.8, 4) is 0 Å². The molecule has 1 spiro atoms. The number of nitrogens with one attached hydrogen (secondary N) is 1. The van der Waals surface area contributed by atoms with E-state index < -0.39 is 0 Å². The Morgan fingerprint density at radius 2 is 2.26 bits per heavy atom. The number of piperidine rings is 1. The highest BCUT2D eigenvalue weighted by Crippen LogP contribution is 2.56. The van der Waals surface area contributed by atoms with Gasteiger partial charge in [-0.15, -0.1) is 0 Å². The Bertz CT molecular complexity index is 660. The van der Waals surface area contributed by atoms with Gasteiger partial charge in [0.2, 0.25) is 0 Å². The maximum atomic E-state index is 6.17. The first-order chi connectivity index (χ1) is 11.2. The molecule has 1 saturated heterocycles. The lowest BCUT2D eigenvalue weighted by molar-refractivity contribution is 0.183. The minimum atomic E-state index is 0.538. The van der Waals surface area contributed by atoms with Crippen molar-refractivity contribution in [1.82, 2.24) is 19.8 Å². The van der Waals surface area contributed by atoms with Gasteiger partial charge in [0.15, 0.2) is 0 Å². The van der Waals surface area contributed by atoms with Crippen molar-refractivity contribution >= 4 is 22.9 Å². The van der Waals surface area contributed by atoms with Crippen LogP contribution in [0, 0.1) is 5.41 Å². The third kappa shape index (κ3) is 3.07. The summed E-state index contributed by atoms with van der Waals surface area (Å²) in [5, 5.41) is 8.63. The third-order valence-corrected chi connectivity index (χ3v) is 6.61. The fourth-order valence-corrected chi connectivity index (χ4v) is 4.76. The number of halogens is 1. The zero-order valence-corrected chi connectivity index (χ0v) is 15.0. The molecule has 23 heavy (non-hydrogen) atoms. The highest BCUT2D eigenvalue weighted by atomic mass is 35.5. The van der Waals surface area contributed by atoms with E-state index in [0.29, 0.717) is 16.6 Å². The van der Waals surface area contributed by atoms with Crippen LogP contribution in [0.25, 0.3) is 0 Å². The van der Waals surface area contributed by atoms with Crippen LogP contribution in [0.3, 0.4) is 0 Å². The van der Waals surface area contributed by atoms with Crippen LogP contribution >= 0.6 is 22.9 Å². The summed E-state index contributed by atoms with van der Waals surface area (Å²) in [6.07, 6.45) is 5.70. The zero-order chi connectivity index (χ0) is 15.9. The standard InChI is InChI=1S/C17H23ClN4S/c1-21-15(18)9-20-16(21)11-22(10-13-2-7-23-12-13)14-8-17(14)3-5-19-6-4-17/h2,7,9,12,14,19H,3-6,8,10-11H2,1H3. The van der Waals surface area contributed by atoms with Gasteiger partial charge in [0.25, 0.3) is 0 Å².